The molecule has 1 N–H and O–H groups in total. The molecule has 0 amide bonds. The molecule has 0 aliphatic rings. The third-order valence-electron chi connectivity index (χ3n) is 3.48. The first-order chi connectivity index (χ1) is 10.3. The van der Waals surface area contributed by atoms with Gasteiger partial charge in [-0.2, -0.15) is 0 Å². The summed E-state index contributed by atoms with van der Waals surface area (Å²) >= 11 is 0. The van der Waals surface area contributed by atoms with Gasteiger partial charge in [0.25, 0.3) is 0 Å². The number of anilines is 1. The van der Waals surface area contributed by atoms with Crippen molar-refractivity contribution in [1.82, 2.24) is 0 Å². The minimum Gasteiger partial charge on any atom is -0.494 e. The summed E-state index contributed by atoms with van der Waals surface area (Å²) in [5.74, 6) is 0.923. The Hall–Kier alpha value is -2.48. The van der Waals surface area contributed by atoms with Crippen molar-refractivity contribution in [2.75, 3.05) is 11.9 Å². The summed E-state index contributed by atoms with van der Waals surface area (Å²) in [5, 5.41) is 5.99. The third kappa shape index (κ3) is 3.34. The van der Waals surface area contributed by atoms with Crippen molar-refractivity contribution < 1.29 is 4.74 Å². The fourth-order valence-corrected chi connectivity index (χ4v) is 2.37. The van der Waals surface area contributed by atoms with Crippen LogP contribution in [-0.4, -0.2) is 6.61 Å². The highest BCUT2D eigenvalue weighted by molar-refractivity contribution is 5.85. The Morgan fingerprint density at radius 2 is 1.62 bits per heavy atom. The molecule has 0 aliphatic carbocycles. The number of ether oxygens (including phenoxy) is 1. The molecular weight excluding hydrogens is 258 g/mol. The molecule has 0 radical (unpaired) electrons. The monoisotopic (exact) mass is 277 g/mol. The zero-order valence-electron chi connectivity index (χ0n) is 12.2. The smallest absolute Gasteiger partial charge is 0.119 e. The van der Waals surface area contributed by atoms with Gasteiger partial charge in [0.15, 0.2) is 0 Å². The summed E-state index contributed by atoms with van der Waals surface area (Å²) in [5.41, 5.74) is 2.38. The summed E-state index contributed by atoms with van der Waals surface area (Å²) in [6.07, 6.45) is 0. The molecule has 2 heteroatoms. The van der Waals surface area contributed by atoms with Gasteiger partial charge in [-0.05, 0) is 47.5 Å². The Labute approximate surface area is 125 Å². The van der Waals surface area contributed by atoms with Gasteiger partial charge < -0.3 is 10.1 Å². The van der Waals surface area contributed by atoms with E-state index >= 15 is 0 Å². The lowest BCUT2D eigenvalue weighted by Gasteiger charge is -2.09. The molecule has 0 aromatic heterocycles. The predicted molar refractivity (Wildman–Crippen MR) is 88.9 cm³/mol. The molecule has 0 saturated carbocycles. The zero-order chi connectivity index (χ0) is 14.5. The Balaban J connectivity index is 1.68. The van der Waals surface area contributed by atoms with Crippen LogP contribution >= 0.6 is 0 Å². The highest BCUT2D eigenvalue weighted by Gasteiger charge is 1.98. The number of nitrogens with one attached hydrogen (secondary N) is 1. The summed E-state index contributed by atoms with van der Waals surface area (Å²) in [6.45, 7) is 3.51. The minimum atomic E-state index is 0.703. The summed E-state index contributed by atoms with van der Waals surface area (Å²) in [4.78, 5) is 0. The average Bonchev–Trinajstić information content (AvgIpc) is 2.54. The van der Waals surface area contributed by atoms with Crippen molar-refractivity contribution in [3.8, 4) is 5.75 Å². The second-order valence-electron chi connectivity index (χ2n) is 4.99. The van der Waals surface area contributed by atoms with E-state index in [1.54, 1.807) is 0 Å². The van der Waals surface area contributed by atoms with E-state index < -0.39 is 0 Å². The van der Waals surface area contributed by atoms with E-state index in [1.807, 2.05) is 19.1 Å². The quantitative estimate of drug-likeness (QED) is 0.719. The average molecular weight is 277 g/mol. The van der Waals surface area contributed by atoms with E-state index in [0.717, 1.165) is 18.0 Å². The van der Waals surface area contributed by atoms with Gasteiger partial charge in [-0.25, -0.2) is 0 Å². The SMILES string of the molecule is CCOc1ccc(CNc2ccc3ccccc3c2)cc1. The number of rotatable bonds is 5. The van der Waals surface area contributed by atoms with Crippen molar-refractivity contribution in [3.63, 3.8) is 0 Å². The fourth-order valence-electron chi connectivity index (χ4n) is 2.37. The van der Waals surface area contributed by atoms with Crippen LogP contribution in [0.2, 0.25) is 0 Å². The van der Waals surface area contributed by atoms with Crippen molar-refractivity contribution in [1.29, 1.82) is 0 Å². The minimum absolute atomic E-state index is 0.703. The van der Waals surface area contributed by atoms with Gasteiger partial charge in [-0.1, -0.05) is 42.5 Å². The lowest BCUT2D eigenvalue weighted by atomic mass is 10.1. The Kier molecular flexibility index (Phi) is 4.06. The summed E-state index contributed by atoms with van der Waals surface area (Å²) < 4.78 is 5.45. The molecule has 0 spiro atoms. The summed E-state index contributed by atoms with van der Waals surface area (Å²) in [7, 11) is 0. The molecule has 0 aliphatic heterocycles. The van der Waals surface area contributed by atoms with Gasteiger partial charge in [0.05, 0.1) is 6.61 Å². The van der Waals surface area contributed by atoms with Crippen LogP contribution in [0.1, 0.15) is 12.5 Å². The molecule has 3 aromatic rings. The van der Waals surface area contributed by atoms with Crippen molar-refractivity contribution >= 4 is 16.5 Å². The first kappa shape index (κ1) is 13.5. The van der Waals surface area contributed by atoms with Gasteiger partial charge in [-0.15, -0.1) is 0 Å². The van der Waals surface area contributed by atoms with Gasteiger partial charge in [0.2, 0.25) is 0 Å². The summed E-state index contributed by atoms with van der Waals surface area (Å²) in [6, 6.07) is 23.1. The molecule has 3 rings (SSSR count). The van der Waals surface area contributed by atoms with Crippen LogP contribution in [-0.2, 0) is 6.54 Å². The fraction of sp³-hybridized carbons (Fsp3) is 0.158. The molecule has 0 saturated heterocycles. The maximum atomic E-state index is 5.45. The van der Waals surface area contributed by atoms with Crippen LogP contribution in [0.3, 0.4) is 0 Å². The zero-order valence-corrected chi connectivity index (χ0v) is 12.2. The molecule has 21 heavy (non-hydrogen) atoms. The maximum Gasteiger partial charge on any atom is 0.119 e. The molecule has 0 heterocycles. The molecule has 106 valence electrons. The van der Waals surface area contributed by atoms with Crippen LogP contribution in [0.15, 0.2) is 66.7 Å². The highest BCUT2D eigenvalue weighted by atomic mass is 16.5. The van der Waals surface area contributed by atoms with E-state index in [9.17, 15) is 0 Å². The van der Waals surface area contributed by atoms with E-state index in [0.29, 0.717) is 6.61 Å². The Morgan fingerprint density at radius 1 is 0.857 bits per heavy atom. The molecule has 0 unspecified atom stereocenters. The Morgan fingerprint density at radius 3 is 2.38 bits per heavy atom. The molecular formula is C19H19NO. The van der Waals surface area contributed by atoms with Crippen molar-refractivity contribution in [2.45, 2.75) is 13.5 Å². The van der Waals surface area contributed by atoms with E-state index in [4.69, 9.17) is 4.74 Å². The number of hydrogen-bond acceptors (Lipinski definition) is 2. The van der Waals surface area contributed by atoms with E-state index in [2.05, 4.69) is 59.9 Å². The van der Waals surface area contributed by atoms with Crippen LogP contribution in [0.5, 0.6) is 5.75 Å². The van der Waals surface area contributed by atoms with E-state index in [1.165, 1.54) is 16.3 Å². The number of fused-ring (bicyclic) bond motifs is 1. The van der Waals surface area contributed by atoms with Crippen LogP contribution in [0, 0.1) is 0 Å². The molecule has 0 fully saturated rings. The van der Waals surface area contributed by atoms with Gasteiger partial charge >= 0.3 is 0 Å². The second kappa shape index (κ2) is 6.31. The lowest BCUT2D eigenvalue weighted by molar-refractivity contribution is 0.340. The predicted octanol–water partition coefficient (Wildman–Crippen LogP) is 4.85. The normalized spacial score (nSPS) is 10.5. The van der Waals surface area contributed by atoms with E-state index in [-0.39, 0.29) is 0 Å². The van der Waals surface area contributed by atoms with Crippen LogP contribution in [0.4, 0.5) is 5.69 Å². The first-order valence-electron chi connectivity index (χ1n) is 7.29. The van der Waals surface area contributed by atoms with Gasteiger partial charge in [0, 0.05) is 12.2 Å². The molecule has 2 nitrogen and oxygen atoms in total. The Bertz CT molecular complexity index is 719. The van der Waals surface area contributed by atoms with Crippen molar-refractivity contribution in [3.05, 3.63) is 72.3 Å². The first-order valence-corrected chi connectivity index (χ1v) is 7.29. The highest BCUT2D eigenvalue weighted by Crippen LogP contribution is 2.20. The third-order valence-corrected chi connectivity index (χ3v) is 3.48. The number of hydrogen-bond donors (Lipinski definition) is 1. The molecule has 0 bridgehead atoms. The standard InChI is InChI=1S/C19H19NO/c1-2-21-19-11-7-15(8-12-19)14-20-18-10-9-16-5-3-4-6-17(16)13-18/h3-13,20H,2,14H2,1H3. The van der Waals surface area contributed by atoms with Crippen LogP contribution < -0.4 is 10.1 Å². The number of benzene rings is 3. The van der Waals surface area contributed by atoms with Crippen molar-refractivity contribution in [2.24, 2.45) is 0 Å². The second-order valence-corrected chi connectivity index (χ2v) is 4.99. The van der Waals surface area contributed by atoms with Crippen LogP contribution in [0.25, 0.3) is 10.8 Å². The maximum absolute atomic E-state index is 5.45. The molecule has 3 aromatic carbocycles. The molecule has 0 atom stereocenters. The lowest BCUT2D eigenvalue weighted by Crippen LogP contribution is -1.99. The topological polar surface area (TPSA) is 21.3 Å². The van der Waals surface area contributed by atoms with Gasteiger partial charge in [0.1, 0.15) is 5.75 Å². The van der Waals surface area contributed by atoms with Gasteiger partial charge in [-0.3, -0.25) is 0 Å². The largest absolute Gasteiger partial charge is 0.494 e.